The van der Waals surface area contributed by atoms with Crippen LogP contribution in [0.25, 0.3) is 11.4 Å². The maximum Gasteiger partial charge on any atom is 0.310 e. The molecule has 21 heavy (non-hydrogen) atoms. The molecule has 1 heterocycles. The summed E-state index contributed by atoms with van der Waals surface area (Å²) in [5.41, 5.74) is -0.361. The van der Waals surface area contributed by atoms with Crippen LogP contribution < -0.4 is 0 Å². The van der Waals surface area contributed by atoms with Crippen molar-refractivity contribution in [3.8, 4) is 11.4 Å². The van der Waals surface area contributed by atoms with E-state index in [-0.39, 0.29) is 24.0 Å². The summed E-state index contributed by atoms with van der Waals surface area (Å²) in [6, 6.07) is 5.70. The fourth-order valence-corrected chi connectivity index (χ4v) is 1.88. The molecule has 0 aliphatic rings. The SMILES string of the molecule is CC(C)C(C)(Cc1nc(-c2ccc(F)cc2)no1)C(=O)O. The van der Waals surface area contributed by atoms with Crippen molar-refractivity contribution in [3.05, 3.63) is 36.0 Å². The first-order chi connectivity index (χ1) is 9.83. The number of carboxylic acids is 1. The van der Waals surface area contributed by atoms with E-state index in [9.17, 15) is 14.3 Å². The van der Waals surface area contributed by atoms with E-state index in [1.54, 1.807) is 19.1 Å². The van der Waals surface area contributed by atoms with Crippen molar-refractivity contribution in [2.24, 2.45) is 11.3 Å². The van der Waals surface area contributed by atoms with Crippen LogP contribution in [0.4, 0.5) is 4.39 Å². The fourth-order valence-electron chi connectivity index (χ4n) is 1.88. The van der Waals surface area contributed by atoms with Gasteiger partial charge in [0.05, 0.1) is 5.41 Å². The Morgan fingerprint density at radius 2 is 2.00 bits per heavy atom. The molecule has 0 radical (unpaired) electrons. The second kappa shape index (κ2) is 5.63. The third-order valence-corrected chi connectivity index (χ3v) is 3.85. The number of benzene rings is 1. The third kappa shape index (κ3) is 3.09. The molecule has 5 nitrogen and oxygen atoms in total. The molecule has 6 heteroatoms. The molecule has 0 bridgehead atoms. The molecule has 1 aromatic heterocycles. The van der Waals surface area contributed by atoms with Crippen LogP contribution >= 0.6 is 0 Å². The Morgan fingerprint density at radius 1 is 1.38 bits per heavy atom. The average Bonchev–Trinajstić information content (AvgIpc) is 2.87. The molecule has 0 aliphatic carbocycles. The summed E-state index contributed by atoms with van der Waals surface area (Å²) in [6.45, 7) is 5.33. The Bertz CT molecular complexity index is 637. The van der Waals surface area contributed by atoms with Crippen molar-refractivity contribution < 1.29 is 18.8 Å². The van der Waals surface area contributed by atoms with Gasteiger partial charge in [0, 0.05) is 12.0 Å². The normalized spacial score (nSPS) is 14.1. The molecule has 0 spiro atoms. The van der Waals surface area contributed by atoms with Gasteiger partial charge in [-0.15, -0.1) is 0 Å². The van der Waals surface area contributed by atoms with Crippen molar-refractivity contribution in [2.45, 2.75) is 27.2 Å². The van der Waals surface area contributed by atoms with E-state index in [0.717, 1.165) is 0 Å². The van der Waals surface area contributed by atoms with Gasteiger partial charge in [-0.05, 0) is 37.1 Å². The van der Waals surface area contributed by atoms with E-state index in [1.165, 1.54) is 12.1 Å². The zero-order valence-electron chi connectivity index (χ0n) is 12.1. The van der Waals surface area contributed by atoms with Gasteiger partial charge in [0.25, 0.3) is 0 Å². The standard InChI is InChI=1S/C15H17FN2O3/c1-9(2)15(3,14(19)20)8-12-17-13(18-21-12)10-4-6-11(16)7-5-10/h4-7,9H,8H2,1-3H3,(H,19,20). The van der Waals surface area contributed by atoms with Crippen LogP contribution in [0, 0.1) is 17.2 Å². The second-order valence-corrected chi connectivity index (χ2v) is 5.57. The van der Waals surface area contributed by atoms with Gasteiger partial charge >= 0.3 is 5.97 Å². The summed E-state index contributed by atoms with van der Waals surface area (Å²) in [5.74, 6) is -0.759. The maximum absolute atomic E-state index is 12.9. The Morgan fingerprint density at radius 3 is 2.52 bits per heavy atom. The first kappa shape index (κ1) is 15.2. The molecule has 0 amide bonds. The Labute approximate surface area is 121 Å². The highest BCUT2D eigenvalue weighted by molar-refractivity contribution is 5.74. The van der Waals surface area contributed by atoms with Crippen molar-refractivity contribution in [2.75, 3.05) is 0 Å². The number of carboxylic acid groups (broad SMARTS) is 1. The second-order valence-electron chi connectivity index (χ2n) is 5.57. The first-order valence-corrected chi connectivity index (χ1v) is 6.65. The summed E-state index contributed by atoms with van der Waals surface area (Å²) in [4.78, 5) is 15.6. The maximum atomic E-state index is 12.9. The van der Waals surface area contributed by atoms with Crippen LogP contribution in [-0.4, -0.2) is 21.2 Å². The molecule has 0 saturated carbocycles. The van der Waals surface area contributed by atoms with Gasteiger partial charge in [-0.1, -0.05) is 19.0 Å². The molecule has 0 fully saturated rings. The molecular weight excluding hydrogens is 275 g/mol. The van der Waals surface area contributed by atoms with E-state index < -0.39 is 11.4 Å². The van der Waals surface area contributed by atoms with Crippen molar-refractivity contribution >= 4 is 5.97 Å². The van der Waals surface area contributed by atoms with E-state index in [4.69, 9.17) is 4.52 Å². The molecule has 112 valence electrons. The molecule has 0 aliphatic heterocycles. The highest BCUT2D eigenvalue weighted by Gasteiger charge is 2.38. The minimum atomic E-state index is -0.980. The smallest absolute Gasteiger partial charge is 0.310 e. The predicted octanol–water partition coefficient (Wildman–Crippen LogP) is 3.17. The van der Waals surface area contributed by atoms with Gasteiger partial charge in [0.2, 0.25) is 11.7 Å². The number of halogens is 1. The van der Waals surface area contributed by atoms with E-state index in [2.05, 4.69) is 10.1 Å². The van der Waals surface area contributed by atoms with Gasteiger partial charge in [-0.3, -0.25) is 4.79 Å². The number of carbonyl (C=O) groups is 1. The predicted molar refractivity (Wildman–Crippen MR) is 74.0 cm³/mol. The van der Waals surface area contributed by atoms with Crippen LogP contribution in [0.2, 0.25) is 0 Å². The summed E-state index contributed by atoms with van der Waals surface area (Å²) < 4.78 is 18.0. The molecule has 1 N–H and O–H groups in total. The van der Waals surface area contributed by atoms with Gasteiger partial charge in [0.15, 0.2) is 0 Å². The number of hydrogen-bond donors (Lipinski definition) is 1. The number of nitrogens with zero attached hydrogens (tertiary/aromatic N) is 2. The van der Waals surface area contributed by atoms with Crippen LogP contribution in [0.5, 0.6) is 0 Å². The lowest BCUT2D eigenvalue weighted by atomic mass is 9.76. The first-order valence-electron chi connectivity index (χ1n) is 6.65. The van der Waals surface area contributed by atoms with Crippen LogP contribution in [-0.2, 0) is 11.2 Å². The van der Waals surface area contributed by atoms with Crippen molar-refractivity contribution in [1.82, 2.24) is 10.1 Å². The van der Waals surface area contributed by atoms with E-state index >= 15 is 0 Å². The number of hydrogen-bond acceptors (Lipinski definition) is 4. The van der Waals surface area contributed by atoms with Gasteiger partial charge in [-0.2, -0.15) is 4.98 Å². The Kier molecular flexibility index (Phi) is 4.06. The fraction of sp³-hybridized carbons (Fsp3) is 0.400. The molecule has 1 atom stereocenters. The van der Waals surface area contributed by atoms with Crippen LogP contribution in [0.1, 0.15) is 26.7 Å². The number of rotatable bonds is 5. The summed E-state index contributed by atoms with van der Waals surface area (Å²) in [6.07, 6.45) is 0.147. The van der Waals surface area contributed by atoms with Crippen LogP contribution in [0.15, 0.2) is 28.8 Å². The lowest BCUT2D eigenvalue weighted by Gasteiger charge is -2.27. The van der Waals surface area contributed by atoms with Gasteiger partial charge in [-0.25, -0.2) is 4.39 Å². The van der Waals surface area contributed by atoms with E-state index in [0.29, 0.717) is 11.4 Å². The van der Waals surface area contributed by atoms with Gasteiger partial charge < -0.3 is 9.63 Å². The highest BCUT2D eigenvalue weighted by atomic mass is 19.1. The van der Waals surface area contributed by atoms with Gasteiger partial charge in [0.1, 0.15) is 5.82 Å². The molecular formula is C15H17FN2O3. The summed E-state index contributed by atoms with van der Waals surface area (Å²) in [7, 11) is 0. The van der Waals surface area contributed by atoms with Crippen molar-refractivity contribution in [3.63, 3.8) is 0 Å². The molecule has 0 saturated heterocycles. The quantitative estimate of drug-likeness (QED) is 0.916. The topological polar surface area (TPSA) is 76.2 Å². The Balaban J connectivity index is 2.24. The molecule has 2 aromatic rings. The zero-order chi connectivity index (χ0) is 15.6. The largest absolute Gasteiger partial charge is 0.481 e. The average molecular weight is 292 g/mol. The van der Waals surface area contributed by atoms with Crippen LogP contribution in [0.3, 0.4) is 0 Å². The number of aromatic nitrogens is 2. The Hall–Kier alpha value is -2.24. The van der Waals surface area contributed by atoms with Crippen molar-refractivity contribution in [1.29, 1.82) is 0 Å². The molecule has 1 aromatic carbocycles. The molecule has 1 unspecified atom stereocenters. The summed E-state index contributed by atoms with van der Waals surface area (Å²) >= 11 is 0. The number of aliphatic carboxylic acids is 1. The highest BCUT2D eigenvalue weighted by Crippen LogP contribution is 2.31. The lowest BCUT2D eigenvalue weighted by molar-refractivity contribution is -0.150. The minimum absolute atomic E-state index is 0.0869. The molecule has 2 rings (SSSR count). The third-order valence-electron chi connectivity index (χ3n) is 3.85. The summed E-state index contributed by atoms with van der Waals surface area (Å²) in [5, 5.41) is 13.2. The lowest BCUT2D eigenvalue weighted by Crippen LogP contribution is -2.35. The minimum Gasteiger partial charge on any atom is -0.481 e. The van der Waals surface area contributed by atoms with E-state index in [1.807, 2.05) is 13.8 Å². The monoisotopic (exact) mass is 292 g/mol. The zero-order valence-corrected chi connectivity index (χ0v) is 12.1.